The monoisotopic (exact) mass is 223 g/mol. The van der Waals surface area contributed by atoms with Gasteiger partial charge in [0.2, 0.25) is 0 Å². The van der Waals surface area contributed by atoms with E-state index in [1.54, 1.807) is 0 Å². The molecule has 2 aromatic rings. The van der Waals surface area contributed by atoms with Crippen molar-refractivity contribution in [2.75, 3.05) is 0 Å². The van der Waals surface area contributed by atoms with Crippen LogP contribution in [0.25, 0.3) is 0 Å². The molecule has 3 rings (SSSR count). The lowest BCUT2D eigenvalue weighted by atomic mass is 9.79. The Hall–Kier alpha value is -1.63. The molecule has 0 unspecified atom stereocenters. The highest BCUT2D eigenvalue weighted by atomic mass is 14.7. The summed E-state index contributed by atoms with van der Waals surface area (Å²) in [5.74, 6) is 0. The Morgan fingerprint density at radius 3 is 2.53 bits per heavy atom. The van der Waals surface area contributed by atoms with Crippen molar-refractivity contribution in [1.29, 1.82) is 0 Å². The Balaban J connectivity index is 2.27. The number of rotatable bonds is 0. The molecule has 0 aliphatic heterocycles. The molecule has 1 heterocycles. The molecule has 0 spiro atoms. The minimum Gasteiger partial charge on any atom is -0.260 e. The normalized spacial score (nSPS) is 16.8. The predicted molar refractivity (Wildman–Crippen MR) is 70.2 cm³/mol. The minimum atomic E-state index is 0.0175. The van der Waals surface area contributed by atoms with Gasteiger partial charge in [-0.05, 0) is 35.6 Å². The summed E-state index contributed by atoms with van der Waals surface area (Å²) in [6.45, 7) is 4.56. The first-order valence-electron chi connectivity index (χ1n) is 6.22. The highest BCUT2D eigenvalue weighted by molar-refractivity contribution is 5.45. The smallest absolute Gasteiger partial charge is 0.0535 e. The fourth-order valence-corrected chi connectivity index (χ4v) is 2.95. The minimum absolute atomic E-state index is 0.0175. The van der Waals surface area contributed by atoms with E-state index in [1.807, 2.05) is 12.3 Å². The van der Waals surface area contributed by atoms with E-state index < -0.39 is 0 Å². The van der Waals surface area contributed by atoms with Crippen LogP contribution >= 0.6 is 0 Å². The van der Waals surface area contributed by atoms with Crippen LogP contribution in [-0.2, 0) is 18.3 Å². The molecule has 0 radical (unpaired) electrons. The molecule has 1 aromatic heterocycles. The Morgan fingerprint density at radius 1 is 0.941 bits per heavy atom. The third kappa shape index (κ3) is 1.57. The average molecular weight is 223 g/mol. The second-order valence-corrected chi connectivity index (χ2v) is 5.29. The van der Waals surface area contributed by atoms with Crippen molar-refractivity contribution in [3.63, 3.8) is 0 Å². The first kappa shape index (κ1) is 10.5. The molecule has 0 atom stereocenters. The third-order valence-corrected chi connectivity index (χ3v) is 3.84. The van der Waals surface area contributed by atoms with Gasteiger partial charge in [0.1, 0.15) is 0 Å². The predicted octanol–water partition coefficient (Wildman–Crippen LogP) is 3.51. The fourth-order valence-electron chi connectivity index (χ4n) is 2.95. The van der Waals surface area contributed by atoms with Gasteiger partial charge in [0.15, 0.2) is 0 Å². The molecule has 1 aliphatic carbocycles. The molecule has 1 aliphatic rings. The molecular weight excluding hydrogens is 206 g/mol. The summed E-state index contributed by atoms with van der Waals surface area (Å²) in [6.07, 6.45) is 4.14. The van der Waals surface area contributed by atoms with Crippen LogP contribution < -0.4 is 0 Å². The van der Waals surface area contributed by atoms with E-state index in [4.69, 9.17) is 0 Å². The van der Waals surface area contributed by atoms with E-state index in [2.05, 4.69) is 49.2 Å². The van der Waals surface area contributed by atoms with Crippen LogP contribution in [0.2, 0.25) is 0 Å². The number of pyridine rings is 1. The molecule has 1 heteroatoms. The Labute approximate surface area is 103 Å². The van der Waals surface area contributed by atoms with Crippen molar-refractivity contribution < 1.29 is 0 Å². The van der Waals surface area contributed by atoms with E-state index in [1.165, 1.54) is 22.4 Å². The maximum atomic E-state index is 4.63. The van der Waals surface area contributed by atoms with Crippen molar-refractivity contribution in [3.05, 3.63) is 65.0 Å². The lowest BCUT2D eigenvalue weighted by Crippen LogP contribution is -2.22. The molecule has 0 fully saturated rings. The molecular formula is C16H17N. The summed E-state index contributed by atoms with van der Waals surface area (Å²) in [5.41, 5.74) is 5.55. The van der Waals surface area contributed by atoms with Crippen molar-refractivity contribution >= 4 is 0 Å². The van der Waals surface area contributed by atoms with Crippen molar-refractivity contribution in [3.8, 4) is 0 Å². The van der Waals surface area contributed by atoms with Crippen LogP contribution in [0.15, 0.2) is 42.6 Å². The van der Waals surface area contributed by atoms with Gasteiger partial charge < -0.3 is 0 Å². The standard InChI is InChI=1S/C16H17N/c1-16(2)14-8-4-3-6-12(14)9-10-13-7-5-11-17-15(13)16/h3-8,11H,9-10H2,1-2H3. The number of hydrogen-bond acceptors (Lipinski definition) is 1. The summed E-state index contributed by atoms with van der Waals surface area (Å²) in [6, 6.07) is 13.0. The lowest BCUT2D eigenvalue weighted by molar-refractivity contribution is 0.612. The summed E-state index contributed by atoms with van der Waals surface area (Å²) < 4.78 is 0. The first-order valence-corrected chi connectivity index (χ1v) is 6.22. The van der Waals surface area contributed by atoms with E-state index in [-0.39, 0.29) is 5.41 Å². The Bertz CT molecular complexity index is 505. The van der Waals surface area contributed by atoms with Gasteiger partial charge in [0.05, 0.1) is 5.69 Å². The van der Waals surface area contributed by atoms with E-state index in [0.29, 0.717) is 0 Å². The average Bonchev–Trinajstić information content (AvgIpc) is 2.47. The number of benzene rings is 1. The van der Waals surface area contributed by atoms with Gasteiger partial charge in [-0.1, -0.05) is 44.2 Å². The molecule has 17 heavy (non-hydrogen) atoms. The molecule has 0 bridgehead atoms. The quantitative estimate of drug-likeness (QED) is 0.666. The van der Waals surface area contributed by atoms with Crippen LogP contribution in [-0.4, -0.2) is 4.98 Å². The third-order valence-electron chi connectivity index (χ3n) is 3.84. The van der Waals surface area contributed by atoms with E-state index in [9.17, 15) is 0 Å². The zero-order valence-corrected chi connectivity index (χ0v) is 10.4. The zero-order chi connectivity index (χ0) is 11.9. The fraction of sp³-hybridized carbons (Fsp3) is 0.312. The molecule has 86 valence electrons. The maximum Gasteiger partial charge on any atom is 0.0535 e. The largest absolute Gasteiger partial charge is 0.260 e. The number of nitrogens with zero attached hydrogens (tertiary/aromatic N) is 1. The number of aromatic nitrogens is 1. The Kier molecular flexibility index (Phi) is 2.29. The molecule has 1 nitrogen and oxygen atoms in total. The topological polar surface area (TPSA) is 12.9 Å². The molecule has 1 aromatic carbocycles. The van der Waals surface area contributed by atoms with Crippen molar-refractivity contribution in [2.24, 2.45) is 0 Å². The maximum absolute atomic E-state index is 4.63. The lowest BCUT2D eigenvalue weighted by Gasteiger charge is -2.26. The second-order valence-electron chi connectivity index (χ2n) is 5.29. The second kappa shape index (κ2) is 3.69. The summed E-state index contributed by atoms with van der Waals surface area (Å²) in [5, 5.41) is 0. The van der Waals surface area contributed by atoms with Crippen LogP contribution in [0.3, 0.4) is 0 Å². The molecule has 0 N–H and O–H groups in total. The van der Waals surface area contributed by atoms with Gasteiger partial charge in [-0.3, -0.25) is 4.98 Å². The van der Waals surface area contributed by atoms with Gasteiger partial charge in [-0.25, -0.2) is 0 Å². The van der Waals surface area contributed by atoms with Crippen LogP contribution in [0.5, 0.6) is 0 Å². The number of aryl methyl sites for hydroxylation is 2. The van der Waals surface area contributed by atoms with Gasteiger partial charge in [0, 0.05) is 11.6 Å². The summed E-state index contributed by atoms with van der Waals surface area (Å²) >= 11 is 0. The highest BCUT2D eigenvalue weighted by Crippen LogP contribution is 2.37. The van der Waals surface area contributed by atoms with Gasteiger partial charge in [-0.2, -0.15) is 0 Å². The highest BCUT2D eigenvalue weighted by Gasteiger charge is 2.31. The zero-order valence-electron chi connectivity index (χ0n) is 10.4. The van der Waals surface area contributed by atoms with Crippen molar-refractivity contribution in [2.45, 2.75) is 32.1 Å². The van der Waals surface area contributed by atoms with Gasteiger partial charge in [0.25, 0.3) is 0 Å². The van der Waals surface area contributed by atoms with Crippen LogP contribution in [0.1, 0.15) is 36.2 Å². The van der Waals surface area contributed by atoms with Gasteiger partial charge in [-0.15, -0.1) is 0 Å². The SMILES string of the molecule is CC1(C)c2ccccc2CCc2cccnc21. The van der Waals surface area contributed by atoms with E-state index in [0.717, 1.165) is 12.8 Å². The van der Waals surface area contributed by atoms with Crippen molar-refractivity contribution in [1.82, 2.24) is 4.98 Å². The van der Waals surface area contributed by atoms with Crippen LogP contribution in [0.4, 0.5) is 0 Å². The molecule has 0 saturated carbocycles. The Morgan fingerprint density at radius 2 is 1.65 bits per heavy atom. The summed E-state index contributed by atoms with van der Waals surface area (Å²) in [4.78, 5) is 4.63. The molecule has 0 saturated heterocycles. The number of hydrogen-bond donors (Lipinski definition) is 0. The molecule has 0 amide bonds. The summed E-state index contributed by atoms with van der Waals surface area (Å²) in [7, 11) is 0. The first-order chi connectivity index (χ1) is 8.19. The number of fused-ring (bicyclic) bond motifs is 2. The van der Waals surface area contributed by atoms with Crippen LogP contribution in [0, 0.1) is 0 Å². The van der Waals surface area contributed by atoms with Gasteiger partial charge >= 0.3 is 0 Å². The van der Waals surface area contributed by atoms with E-state index >= 15 is 0 Å².